The van der Waals surface area contributed by atoms with Gasteiger partial charge >= 0.3 is 0 Å². The Hall–Kier alpha value is -2.77. The molecule has 0 saturated heterocycles. The number of aromatic nitrogens is 1. The van der Waals surface area contributed by atoms with Crippen molar-refractivity contribution in [1.82, 2.24) is 9.88 Å². The Morgan fingerprint density at radius 2 is 1.79 bits per heavy atom. The monoisotopic (exact) mass is 668 g/mol. The topological polar surface area (TPSA) is 76.6 Å². The Balaban J connectivity index is 1.09. The fraction of sp³-hybridized carbons (Fsp3) is 0.537. The molecule has 0 amide bonds. The van der Waals surface area contributed by atoms with Gasteiger partial charge in [-0.15, -0.1) is 0 Å². The molecule has 7 aliphatic rings. The van der Waals surface area contributed by atoms with E-state index in [-0.39, 0.29) is 40.0 Å². The van der Waals surface area contributed by atoms with Gasteiger partial charge < -0.3 is 15.2 Å². The second-order valence-corrected chi connectivity index (χ2v) is 17.1. The lowest BCUT2D eigenvalue weighted by Gasteiger charge is -2.71. The third kappa shape index (κ3) is 3.98. The summed E-state index contributed by atoms with van der Waals surface area (Å²) in [7, 11) is 0. The number of aromatic amines is 1. The molecule has 6 aliphatic carbocycles. The van der Waals surface area contributed by atoms with E-state index in [1.807, 2.05) is 0 Å². The van der Waals surface area contributed by atoms with Gasteiger partial charge in [0, 0.05) is 75.1 Å². The molecule has 3 aromatic rings. The number of nitrogens with zero attached hydrogens (tertiary/aromatic N) is 1. The number of ketones is 1. The molecule has 10 rings (SSSR count). The number of hydrogen-bond donors (Lipinski definition) is 3. The molecule has 1 aliphatic heterocycles. The highest BCUT2D eigenvalue weighted by atomic mass is 35.5. The number of H-pyrrole nitrogens is 1. The van der Waals surface area contributed by atoms with Gasteiger partial charge in [-0.1, -0.05) is 67.9 Å². The summed E-state index contributed by atoms with van der Waals surface area (Å²) >= 11 is 6.48. The average molecular weight is 669 g/mol. The van der Waals surface area contributed by atoms with Gasteiger partial charge in [-0.25, -0.2) is 4.39 Å². The smallest absolute Gasteiger partial charge is 0.164 e. The number of hydrogen-bond acceptors (Lipinski definition) is 4. The molecule has 48 heavy (non-hydrogen) atoms. The summed E-state index contributed by atoms with van der Waals surface area (Å²) in [5.74, 6) is -0.278. The van der Waals surface area contributed by atoms with Crippen LogP contribution in [0.5, 0.6) is 0 Å². The molecule has 3 N–H and O–H groups in total. The molecule has 8 unspecified atom stereocenters. The molecular weight excluding hydrogens is 623 g/mol. The Morgan fingerprint density at radius 3 is 2.62 bits per heavy atom. The normalized spacial score (nSPS) is 39.9. The molecule has 252 valence electrons. The number of benzene rings is 2. The van der Waals surface area contributed by atoms with Crippen molar-refractivity contribution in [3.05, 3.63) is 93.9 Å². The summed E-state index contributed by atoms with van der Waals surface area (Å²) in [5.41, 5.74) is 2.43. The van der Waals surface area contributed by atoms with E-state index in [0.29, 0.717) is 19.4 Å². The maximum Gasteiger partial charge on any atom is 0.164 e. The zero-order chi connectivity index (χ0) is 33.3. The van der Waals surface area contributed by atoms with Crippen molar-refractivity contribution in [3.63, 3.8) is 0 Å². The molecule has 2 bridgehead atoms. The molecule has 2 spiro atoms. The molecule has 7 heteroatoms. The van der Waals surface area contributed by atoms with Crippen molar-refractivity contribution in [2.24, 2.45) is 33.5 Å². The third-order valence-corrected chi connectivity index (χ3v) is 15.2. The quantitative estimate of drug-likeness (QED) is 0.243. The number of β-amino-alcohol motifs (C(OH)–C–C–N with tert-alkyl or cyclic N) is 1. The Kier molecular flexibility index (Phi) is 6.75. The van der Waals surface area contributed by atoms with E-state index in [4.69, 9.17) is 11.6 Å². The first-order valence-corrected chi connectivity index (χ1v) is 18.4. The van der Waals surface area contributed by atoms with Crippen LogP contribution in [-0.4, -0.2) is 50.7 Å². The predicted octanol–water partition coefficient (Wildman–Crippen LogP) is 7.72. The van der Waals surface area contributed by atoms with Crippen LogP contribution in [0.4, 0.5) is 4.39 Å². The van der Waals surface area contributed by atoms with E-state index >= 15 is 4.39 Å². The summed E-state index contributed by atoms with van der Waals surface area (Å²) in [6.45, 7) is 6.98. The van der Waals surface area contributed by atoms with Crippen LogP contribution in [0.3, 0.4) is 0 Å². The van der Waals surface area contributed by atoms with Gasteiger partial charge in [-0.2, -0.15) is 0 Å². The Bertz CT molecular complexity index is 1900. The minimum atomic E-state index is -0.909. The second-order valence-electron chi connectivity index (χ2n) is 16.7. The zero-order valence-electron chi connectivity index (χ0n) is 28.0. The van der Waals surface area contributed by atoms with E-state index < -0.39 is 33.8 Å². The van der Waals surface area contributed by atoms with E-state index in [0.717, 1.165) is 57.2 Å². The van der Waals surface area contributed by atoms with Crippen molar-refractivity contribution in [1.29, 1.82) is 0 Å². The van der Waals surface area contributed by atoms with Gasteiger partial charge in [0.05, 0.1) is 11.7 Å². The fourth-order valence-electron chi connectivity index (χ4n) is 12.4. The minimum Gasteiger partial charge on any atom is -0.393 e. The molecule has 2 heterocycles. The highest BCUT2D eigenvalue weighted by Crippen LogP contribution is 2.78. The van der Waals surface area contributed by atoms with Crippen molar-refractivity contribution < 1.29 is 19.4 Å². The van der Waals surface area contributed by atoms with Gasteiger partial charge in [0.1, 0.15) is 5.82 Å². The highest BCUT2D eigenvalue weighted by molar-refractivity contribution is 6.31. The standard InChI is InChI=1S/C41H46ClFN2O3/c1-37-14-10-25(46)21-39(37)17-18-41(29(22-39)34(47)20-28-30(42)7-5-8-31(28)43)35(37)11-15-38(2)36(41)12-16-40(38,48)24-45-19-13-27-26-6-3-4-9-32(26)44-33(27)23-45/h3-9,17-18,22,25,35-36,44,46,48H,10-16,19-21,23-24H2,1-2H3. The number of para-hydroxylation sites is 1. The van der Waals surface area contributed by atoms with E-state index in [2.05, 4.69) is 66.2 Å². The van der Waals surface area contributed by atoms with Crippen LogP contribution < -0.4 is 0 Å². The maximum atomic E-state index is 15.1. The first kappa shape index (κ1) is 31.2. The lowest BCUT2D eigenvalue weighted by molar-refractivity contribution is -0.179. The molecule has 1 aromatic heterocycles. The Labute approximate surface area is 287 Å². The summed E-state index contributed by atoms with van der Waals surface area (Å²) in [6.07, 6.45) is 12.9. The van der Waals surface area contributed by atoms with Crippen LogP contribution in [0.1, 0.15) is 75.6 Å². The largest absolute Gasteiger partial charge is 0.393 e. The first-order valence-electron chi connectivity index (χ1n) is 18.0. The second kappa shape index (κ2) is 10.4. The minimum absolute atomic E-state index is 0.0618. The van der Waals surface area contributed by atoms with Gasteiger partial charge in [0.2, 0.25) is 0 Å². The number of fused-ring (bicyclic) bond motifs is 4. The van der Waals surface area contributed by atoms with Crippen LogP contribution in [0.15, 0.2) is 66.3 Å². The summed E-state index contributed by atoms with van der Waals surface area (Å²) in [4.78, 5) is 20.8. The van der Waals surface area contributed by atoms with Crippen molar-refractivity contribution in [3.8, 4) is 0 Å². The van der Waals surface area contributed by atoms with E-state index in [1.165, 1.54) is 28.2 Å². The summed E-state index contributed by atoms with van der Waals surface area (Å²) in [5, 5.41) is 25.4. The molecule has 3 fully saturated rings. The number of carbonyl (C=O) groups excluding carboxylic acids is 1. The fourth-order valence-corrected chi connectivity index (χ4v) is 12.6. The summed E-state index contributed by atoms with van der Waals surface area (Å²) < 4.78 is 15.1. The van der Waals surface area contributed by atoms with Crippen LogP contribution in [0, 0.1) is 39.3 Å². The molecule has 8 atom stereocenters. The average Bonchev–Trinajstić information content (AvgIpc) is 3.56. The van der Waals surface area contributed by atoms with Crippen molar-refractivity contribution in [2.45, 2.75) is 89.9 Å². The van der Waals surface area contributed by atoms with Gasteiger partial charge in [-0.05, 0) is 92.4 Å². The lowest BCUT2D eigenvalue weighted by atomic mass is 9.32. The molecule has 3 saturated carbocycles. The van der Waals surface area contributed by atoms with Crippen LogP contribution in [0.2, 0.25) is 5.02 Å². The number of rotatable bonds is 5. The Morgan fingerprint density at radius 1 is 1.02 bits per heavy atom. The number of nitrogens with one attached hydrogen (secondary N) is 1. The highest BCUT2D eigenvalue weighted by Gasteiger charge is 2.74. The number of carbonyl (C=O) groups is 1. The van der Waals surface area contributed by atoms with E-state index in [9.17, 15) is 15.0 Å². The number of allylic oxidation sites excluding steroid dienone is 4. The number of halogens is 2. The molecule has 2 aromatic carbocycles. The predicted molar refractivity (Wildman–Crippen MR) is 186 cm³/mol. The zero-order valence-corrected chi connectivity index (χ0v) is 28.8. The molecule has 0 radical (unpaired) electrons. The van der Waals surface area contributed by atoms with Gasteiger partial charge in [-0.3, -0.25) is 9.69 Å². The third-order valence-electron chi connectivity index (χ3n) is 14.9. The van der Waals surface area contributed by atoms with Gasteiger partial charge in [0.15, 0.2) is 5.78 Å². The number of Topliss-reactive ketones (excluding diaryl/α,β-unsaturated/α-hetero) is 1. The SMILES string of the molecule is CC12CCC(O)CC13C=CC1(C(C(=O)Cc4c(F)cccc4Cl)=C3)C2CCC2(C)C1CCC2(O)CN1CCc2c([nH]c3ccccc23)C1. The van der Waals surface area contributed by atoms with Gasteiger partial charge in [0.25, 0.3) is 0 Å². The van der Waals surface area contributed by atoms with E-state index in [1.54, 1.807) is 12.1 Å². The van der Waals surface area contributed by atoms with Crippen molar-refractivity contribution >= 4 is 28.3 Å². The van der Waals surface area contributed by atoms with Crippen molar-refractivity contribution in [2.75, 3.05) is 13.1 Å². The number of aliphatic hydroxyl groups excluding tert-OH is 1. The number of aliphatic hydroxyl groups is 2. The van der Waals surface area contributed by atoms with Crippen LogP contribution >= 0.6 is 11.6 Å². The molecular formula is C41H46ClFN2O3. The first-order chi connectivity index (χ1) is 22.9. The van der Waals surface area contributed by atoms with Crippen LogP contribution in [-0.2, 0) is 24.2 Å². The molecule has 5 nitrogen and oxygen atoms in total. The maximum absolute atomic E-state index is 15.1. The van der Waals surface area contributed by atoms with Crippen LogP contribution in [0.25, 0.3) is 10.9 Å². The summed E-state index contributed by atoms with van der Waals surface area (Å²) in [6, 6.07) is 13.1. The lowest BCUT2D eigenvalue weighted by Crippen LogP contribution is -2.67.